The number of hydrogen-bond acceptors (Lipinski definition) is 6. The van der Waals surface area contributed by atoms with Crippen LogP contribution in [0, 0.1) is 11.6 Å². The lowest BCUT2D eigenvalue weighted by Crippen LogP contribution is -2.36. The number of anilines is 1. The second kappa shape index (κ2) is 10.8. The first-order valence-corrected chi connectivity index (χ1v) is 11.4. The summed E-state index contributed by atoms with van der Waals surface area (Å²) in [6.07, 6.45) is 1.51. The second-order valence-corrected chi connectivity index (χ2v) is 8.48. The smallest absolute Gasteiger partial charge is 0.294 e. The van der Waals surface area contributed by atoms with Gasteiger partial charge in [-0.25, -0.2) is 8.78 Å². The lowest BCUT2D eigenvalue weighted by Gasteiger charge is -2.14. The first-order chi connectivity index (χ1) is 15.7. The molecule has 1 aliphatic heterocycles. The quantitative estimate of drug-likeness (QED) is 0.463. The van der Waals surface area contributed by atoms with Crippen molar-refractivity contribution in [1.82, 2.24) is 4.90 Å². The Balaban J connectivity index is 1.77. The van der Waals surface area contributed by atoms with Crippen LogP contribution in [0.3, 0.4) is 0 Å². The molecule has 1 saturated heterocycles. The van der Waals surface area contributed by atoms with E-state index in [2.05, 4.69) is 21.2 Å². The van der Waals surface area contributed by atoms with Gasteiger partial charge in [0.1, 0.15) is 18.2 Å². The first-order valence-electron chi connectivity index (χ1n) is 9.82. The van der Waals surface area contributed by atoms with Gasteiger partial charge < -0.3 is 14.8 Å². The predicted octanol–water partition coefficient (Wildman–Crippen LogP) is 5.20. The van der Waals surface area contributed by atoms with Crippen LogP contribution in [0.25, 0.3) is 6.08 Å². The number of hydrogen-bond donors (Lipinski definition) is 1. The van der Waals surface area contributed by atoms with E-state index in [0.717, 1.165) is 17.0 Å². The van der Waals surface area contributed by atoms with Crippen LogP contribution in [0.2, 0.25) is 0 Å². The Hall–Kier alpha value is -2.92. The van der Waals surface area contributed by atoms with E-state index in [-0.39, 0.29) is 10.6 Å². The molecule has 0 saturated carbocycles. The highest BCUT2D eigenvalue weighted by Crippen LogP contribution is 2.39. The minimum atomic E-state index is -0.969. The van der Waals surface area contributed by atoms with Gasteiger partial charge in [-0.2, -0.15) is 0 Å². The highest BCUT2D eigenvalue weighted by molar-refractivity contribution is 9.10. The van der Waals surface area contributed by atoms with Crippen molar-refractivity contribution in [3.63, 3.8) is 0 Å². The molecule has 2 aromatic carbocycles. The van der Waals surface area contributed by atoms with Gasteiger partial charge in [-0.05, 0) is 77.4 Å². The molecule has 0 bridgehead atoms. The lowest BCUT2D eigenvalue weighted by molar-refractivity contribution is -0.127. The third-order valence-electron chi connectivity index (χ3n) is 4.30. The van der Waals surface area contributed by atoms with Crippen molar-refractivity contribution in [3.8, 4) is 11.5 Å². The molecular formula is C22H19BrF2N2O5S. The fraction of sp³-hybridized carbons (Fsp3) is 0.227. The fourth-order valence-electron chi connectivity index (χ4n) is 2.93. The number of carbonyl (C=O) groups excluding carboxylic acids is 3. The normalized spacial score (nSPS) is 14.7. The zero-order valence-corrected chi connectivity index (χ0v) is 20.0. The molecule has 7 nitrogen and oxygen atoms in total. The van der Waals surface area contributed by atoms with Gasteiger partial charge in [0, 0.05) is 6.07 Å². The number of nitrogens with zero attached hydrogens (tertiary/aromatic N) is 1. The van der Waals surface area contributed by atoms with Crippen LogP contribution in [-0.4, -0.2) is 41.7 Å². The predicted molar refractivity (Wildman–Crippen MR) is 124 cm³/mol. The van der Waals surface area contributed by atoms with E-state index in [1.807, 2.05) is 13.8 Å². The van der Waals surface area contributed by atoms with Crippen molar-refractivity contribution in [2.45, 2.75) is 13.8 Å². The molecular weight excluding hydrogens is 522 g/mol. The van der Waals surface area contributed by atoms with Gasteiger partial charge in [0.05, 0.1) is 28.3 Å². The molecule has 11 heteroatoms. The van der Waals surface area contributed by atoms with Gasteiger partial charge in [-0.1, -0.05) is 0 Å². The van der Waals surface area contributed by atoms with Crippen LogP contribution in [0.5, 0.6) is 11.5 Å². The Bertz CT molecular complexity index is 1140. The number of amides is 3. The third-order valence-corrected chi connectivity index (χ3v) is 5.80. The summed E-state index contributed by atoms with van der Waals surface area (Å²) in [5, 5.41) is 1.58. The maximum absolute atomic E-state index is 13.7. The van der Waals surface area contributed by atoms with Gasteiger partial charge in [-0.3, -0.25) is 19.3 Å². The highest BCUT2D eigenvalue weighted by Gasteiger charge is 2.36. The Morgan fingerprint density at radius 3 is 2.55 bits per heavy atom. The minimum absolute atomic E-state index is 0.110. The Labute approximate surface area is 201 Å². The number of rotatable bonds is 8. The topological polar surface area (TPSA) is 84.9 Å². The van der Waals surface area contributed by atoms with Gasteiger partial charge in [0.15, 0.2) is 11.5 Å². The number of benzene rings is 2. The van der Waals surface area contributed by atoms with E-state index in [0.29, 0.717) is 52.6 Å². The Morgan fingerprint density at radius 1 is 1.15 bits per heavy atom. The summed E-state index contributed by atoms with van der Waals surface area (Å²) in [6, 6.07) is 6.04. The average molecular weight is 541 g/mol. The van der Waals surface area contributed by atoms with E-state index in [4.69, 9.17) is 9.47 Å². The first kappa shape index (κ1) is 24.7. The highest BCUT2D eigenvalue weighted by atomic mass is 79.9. The molecule has 0 aromatic heterocycles. The molecule has 1 heterocycles. The zero-order chi connectivity index (χ0) is 24.1. The van der Waals surface area contributed by atoms with Crippen molar-refractivity contribution >= 4 is 56.5 Å². The van der Waals surface area contributed by atoms with Gasteiger partial charge in [0.2, 0.25) is 5.91 Å². The van der Waals surface area contributed by atoms with Crippen LogP contribution < -0.4 is 14.8 Å². The molecule has 0 radical (unpaired) electrons. The minimum Gasteiger partial charge on any atom is -0.490 e. The van der Waals surface area contributed by atoms with Crippen LogP contribution in [-0.2, 0) is 9.59 Å². The molecule has 1 fully saturated rings. The number of halogens is 3. The van der Waals surface area contributed by atoms with Crippen LogP contribution in [0.15, 0.2) is 39.7 Å². The van der Waals surface area contributed by atoms with E-state index in [1.54, 1.807) is 12.1 Å². The summed E-state index contributed by atoms with van der Waals surface area (Å²) in [6.45, 7) is 3.88. The summed E-state index contributed by atoms with van der Waals surface area (Å²) < 4.78 is 38.6. The Morgan fingerprint density at radius 2 is 1.88 bits per heavy atom. The molecule has 0 spiro atoms. The van der Waals surface area contributed by atoms with Crippen molar-refractivity contribution in [1.29, 1.82) is 0 Å². The van der Waals surface area contributed by atoms with Crippen LogP contribution in [0.1, 0.15) is 19.4 Å². The van der Waals surface area contributed by atoms with E-state index in [1.165, 1.54) is 6.08 Å². The van der Waals surface area contributed by atoms with E-state index < -0.39 is 35.2 Å². The Kier molecular flexibility index (Phi) is 8.09. The largest absolute Gasteiger partial charge is 0.490 e. The third kappa shape index (κ3) is 5.91. The zero-order valence-electron chi connectivity index (χ0n) is 17.6. The molecule has 1 N–H and O–H groups in total. The second-order valence-electron chi connectivity index (χ2n) is 6.64. The van der Waals surface area contributed by atoms with Gasteiger partial charge in [0.25, 0.3) is 11.1 Å². The summed E-state index contributed by atoms with van der Waals surface area (Å²) >= 11 is 4.10. The fourth-order valence-corrected chi connectivity index (χ4v) is 4.34. The van der Waals surface area contributed by atoms with E-state index >= 15 is 0 Å². The number of ether oxygens (including phenoxy) is 2. The summed E-state index contributed by atoms with van der Waals surface area (Å²) in [7, 11) is 0. The molecule has 3 amide bonds. The standard InChI is InChI=1S/C22H19BrF2N2O5S/c1-3-31-17-8-12(7-14(23)20(17)32-4-2)9-18-21(29)27(22(30)33-18)11-19(28)26-16-6-5-13(24)10-15(16)25/h5-10H,3-4,11H2,1-2H3,(H,26,28)/b18-9+. The summed E-state index contributed by atoms with van der Waals surface area (Å²) in [5.41, 5.74) is 0.323. The van der Waals surface area contributed by atoms with Crippen molar-refractivity contribution in [2.24, 2.45) is 0 Å². The molecule has 174 valence electrons. The maximum atomic E-state index is 13.7. The number of nitrogens with one attached hydrogen (secondary N) is 1. The van der Waals surface area contributed by atoms with Gasteiger partial charge in [-0.15, -0.1) is 0 Å². The summed E-state index contributed by atoms with van der Waals surface area (Å²) in [5.74, 6) is -2.23. The molecule has 3 rings (SSSR count). The average Bonchev–Trinajstić information content (AvgIpc) is 3.00. The molecule has 0 aliphatic carbocycles. The number of carbonyl (C=O) groups is 3. The van der Waals surface area contributed by atoms with Crippen molar-refractivity contribution in [2.75, 3.05) is 25.1 Å². The SMILES string of the molecule is CCOc1cc(/C=C2/SC(=O)N(CC(=O)Nc3ccc(F)cc3F)C2=O)cc(Br)c1OCC. The molecule has 1 aliphatic rings. The van der Waals surface area contributed by atoms with E-state index in [9.17, 15) is 23.2 Å². The number of imide groups is 1. The monoisotopic (exact) mass is 540 g/mol. The molecule has 0 unspecified atom stereocenters. The van der Waals surface area contributed by atoms with Gasteiger partial charge >= 0.3 is 0 Å². The van der Waals surface area contributed by atoms with Crippen LogP contribution >= 0.6 is 27.7 Å². The maximum Gasteiger partial charge on any atom is 0.294 e. The summed E-state index contributed by atoms with van der Waals surface area (Å²) in [4.78, 5) is 38.2. The number of thioether (sulfide) groups is 1. The van der Waals surface area contributed by atoms with Crippen molar-refractivity contribution in [3.05, 3.63) is 56.9 Å². The molecule has 0 atom stereocenters. The lowest BCUT2D eigenvalue weighted by atomic mass is 10.2. The molecule has 33 heavy (non-hydrogen) atoms. The van der Waals surface area contributed by atoms with Crippen molar-refractivity contribution < 1.29 is 32.6 Å². The molecule has 2 aromatic rings. The van der Waals surface area contributed by atoms with Crippen LogP contribution in [0.4, 0.5) is 19.3 Å².